The number of amides is 1. The topological polar surface area (TPSA) is 114 Å². The highest BCUT2D eigenvalue weighted by Crippen LogP contribution is 2.32. The molecule has 1 N–H and O–H groups in total. The second-order valence-electron chi connectivity index (χ2n) is 11.7. The molecule has 0 bridgehead atoms. The second kappa shape index (κ2) is 12.9. The van der Waals surface area contributed by atoms with Gasteiger partial charge in [-0.15, -0.1) is 0 Å². The van der Waals surface area contributed by atoms with E-state index < -0.39 is 17.7 Å². The van der Waals surface area contributed by atoms with Gasteiger partial charge in [-0.05, 0) is 94.5 Å². The van der Waals surface area contributed by atoms with Gasteiger partial charge in [0.1, 0.15) is 11.4 Å². The highest BCUT2D eigenvalue weighted by Gasteiger charge is 2.29. The Morgan fingerprint density at radius 2 is 1.68 bits per heavy atom. The zero-order valence-corrected chi connectivity index (χ0v) is 26.4. The van der Waals surface area contributed by atoms with Gasteiger partial charge in [0.15, 0.2) is 5.65 Å². The molecule has 0 radical (unpaired) electrons. The number of benzene rings is 2. The number of rotatable bonds is 7. The van der Waals surface area contributed by atoms with Crippen molar-refractivity contribution >= 4 is 46.4 Å². The third kappa shape index (κ3) is 7.19. The first-order valence-corrected chi connectivity index (χ1v) is 15.1. The van der Waals surface area contributed by atoms with Crippen molar-refractivity contribution in [2.75, 3.05) is 7.11 Å². The lowest BCUT2D eigenvalue weighted by molar-refractivity contribution is 0.0487. The minimum atomic E-state index is -0.577. The molecule has 4 aromatic rings. The van der Waals surface area contributed by atoms with Crippen LogP contribution in [0.15, 0.2) is 59.4 Å². The molecule has 0 atom stereocenters. The number of ether oxygens (including phenoxy) is 3. The standard InChI is InChI=1S/C32H34Cl2N4O6/c1-32(2,3)44-30(40)35-21-8-10-22(11-9-21)38-26-15-16-27(43-23-12-6-20(7-13-23)29(39)42-4)36-28(26)37(31(38)41)18-19-5-14-24(33)25(34)17-19/h5-7,12-17,21-22H,8-11,18H2,1-4H3,(H,35,40). The van der Waals surface area contributed by atoms with E-state index in [4.69, 9.17) is 42.4 Å². The Bertz CT molecular complexity index is 1730. The van der Waals surface area contributed by atoms with Gasteiger partial charge in [0.25, 0.3) is 0 Å². The SMILES string of the molecule is COC(=O)c1ccc(Oc2ccc3c(n2)n(Cc2ccc(Cl)c(Cl)c2)c(=O)n3C2CCC(NC(=O)OC(C)(C)C)CC2)cc1. The monoisotopic (exact) mass is 640 g/mol. The van der Waals surface area contributed by atoms with Crippen molar-refractivity contribution in [2.45, 2.75) is 70.7 Å². The van der Waals surface area contributed by atoms with Crippen LogP contribution in [0.3, 0.4) is 0 Å². The molecule has 0 saturated heterocycles. The van der Waals surface area contributed by atoms with Crippen LogP contribution in [0.2, 0.25) is 10.0 Å². The van der Waals surface area contributed by atoms with Gasteiger partial charge in [0.2, 0.25) is 5.88 Å². The summed E-state index contributed by atoms with van der Waals surface area (Å²) in [4.78, 5) is 42.8. The largest absolute Gasteiger partial charge is 0.465 e. The highest BCUT2D eigenvalue weighted by molar-refractivity contribution is 6.42. The number of pyridine rings is 1. The van der Waals surface area contributed by atoms with E-state index in [1.54, 1.807) is 51.6 Å². The molecular formula is C32H34Cl2N4O6. The molecule has 232 valence electrons. The van der Waals surface area contributed by atoms with Crippen molar-refractivity contribution in [1.82, 2.24) is 19.4 Å². The summed E-state index contributed by atoms with van der Waals surface area (Å²) in [7, 11) is 1.32. The molecule has 2 aromatic heterocycles. The van der Waals surface area contributed by atoms with E-state index in [-0.39, 0.29) is 30.2 Å². The maximum Gasteiger partial charge on any atom is 0.407 e. The number of halogens is 2. The number of alkyl carbamates (subject to hydrolysis) is 1. The summed E-state index contributed by atoms with van der Waals surface area (Å²) in [5, 5.41) is 3.78. The van der Waals surface area contributed by atoms with E-state index in [0.717, 1.165) is 5.56 Å². The van der Waals surface area contributed by atoms with E-state index in [9.17, 15) is 14.4 Å². The number of esters is 1. The molecule has 0 spiro atoms. The Morgan fingerprint density at radius 3 is 2.32 bits per heavy atom. The number of methoxy groups -OCH3 is 1. The number of fused-ring (bicyclic) bond motifs is 1. The molecule has 44 heavy (non-hydrogen) atoms. The van der Waals surface area contributed by atoms with Crippen molar-refractivity contribution in [1.29, 1.82) is 0 Å². The van der Waals surface area contributed by atoms with Gasteiger partial charge < -0.3 is 19.5 Å². The molecular weight excluding hydrogens is 607 g/mol. The number of nitrogens with zero attached hydrogens (tertiary/aromatic N) is 3. The van der Waals surface area contributed by atoms with E-state index >= 15 is 0 Å². The number of carbonyl (C=O) groups is 2. The van der Waals surface area contributed by atoms with E-state index in [1.165, 1.54) is 7.11 Å². The minimum absolute atomic E-state index is 0.0370. The summed E-state index contributed by atoms with van der Waals surface area (Å²) in [6, 6.07) is 15.2. The fraction of sp³-hybridized carbons (Fsp3) is 0.375. The summed E-state index contributed by atoms with van der Waals surface area (Å²) < 4.78 is 19.6. The predicted octanol–water partition coefficient (Wildman–Crippen LogP) is 7.14. The van der Waals surface area contributed by atoms with Gasteiger partial charge in [-0.3, -0.25) is 9.13 Å². The van der Waals surface area contributed by atoms with Crippen LogP contribution >= 0.6 is 23.2 Å². The first-order chi connectivity index (χ1) is 20.9. The molecule has 12 heteroatoms. The minimum Gasteiger partial charge on any atom is -0.465 e. The van der Waals surface area contributed by atoms with Crippen LogP contribution in [0.25, 0.3) is 11.2 Å². The van der Waals surface area contributed by atoms with Gasteiger partial charge in [0, 0.05) is 18.2 Å². The van der Waals surface area contributed by atoms with Gasteiger partial charge in [-0.25, -0.2) is 14.4 Å². The lowest BCUT2D eigenvalue weighted by Crippen LogP contribution is -2.41. The van der Waals surface area contributed by atoms with Crippen LogP contribution in [0, 0.1) is 0 Å². The zero-order valence-electron chi connectivity index (χ0n) is 24.9. The third-order valence-corrected chi connectivity index (χ3v) is 8.13. The Kier molecular flexibility index (Phi) is 9.22. The second-order valence-corrected chi connectivity index (χ2v) is 12.6. The maximum atomic E-state index is 14.0. The smallest absolute Gasteiger partial charge is 0.407 e. The van der Waals surface area contributed by atoms with Crippen molar-refractivity contribution in [3.05, 3.63) is 86.3 Å². The first kappa shape index (κ1) is 31.4. The fourth-order valence-corrected chi connectivity index (χ4v) is 5.68. The third-order valence-electron chi connectivity index (χ3n) is 7.39. The van der Waals surface area contributed by atoms with Gasteiger partial charge in [0.05, 0.1) is 34.8 Å². The summed E-state index contributed by atoms with van der Waals surface area (Å²) in [5.41, 5.74) is 1.53. The molecule has 1 aliphatic rings. The Balaban J connectivity index is 1.44. The van der Waals surface area contributed by atoms with Crippen molar-refractivity contribution < 1.29 is 23.8 Å². The summed E-state index contributed by atoms with van der Waals surface area (Å²) >= 11 is 12.4. The number of hydrogen-bond donors (Lipinski definition) is 1. The lowest BCUT2D eigenvalue weighted by atomic mass is 9.91. The summed E-state index contributed by atoms with van der Waals surface area (Å²) in [6.07, 6.45) is 2.35. The van der Waals surface area contributed by atoms with Crippen molar-refractivity contribution in [3.8, 4) is 11.6 Å². The lowest BCUT2D eigenvalue weighted by Gasteiger charge is -2.30. The average Bonchev–Trinajstić information content (AvgIpc) is 3.24. The molecule has 2 aromatic carbocycles. The van der Waals surface area contributed by atoms with Gasteiger partial charge >= 0.3 is 17.8 Å². The molecule has 1 aliphatic carbocycles. The maximum absolute atomic E-state index is 14.0. The first-order valence-electron chi connectivity index (χ1n) is 14.3. The Hall–Kier alpha value is -4.02. The fourth-order valence-electron chi connectivity index (χ4n) is 5.36. The van der Waals surface area contributed by atoms with Gasteiger partial charge in [-0.1, -0.05) is 29.3 Å². The normalized spacial score (nSPS) is 16.9. The average molecular weight is 642 g/mol. The van der Waals surface area contributed by atoms with E-state index in [2.05, 4.69) is 5.32 Å². The molecule has 5 rings (SSSR count). The van der Waals surface area contributed by atoms with Crippen LogP contribution in [-0.4, -0.2) is 44.9 Å². The summed E-state index contributed by atoms with van der Waals surface area (Å²) in [5.74, 6) is 0.310. The van der Waals surface area contributed by atoms with E-state index in [1.807, 2.05) is 32.9 Å². The Labute approximate surface area is 264 Å². The molecule has 1 amide bonds. The number of aromatic nitrogens is 3. The molecule has 0 aliphatic heterocycles. The highest BCUT2D eigenvalue weighted by atomic mass is 35.5. The van der Waals surface area contributed by atoms with E-state index in [0.29, 0.717) is 58.2 Å². The quantitative estimate of drug-likeness (QED) is 0.214. The number of imidazole rings is 1. The van der Waals surface area contributed by atoms with Crippen LogP contribution in [0.5, 0.6) is 11.6 Å². The molecule has 1 saturated carbocycles. The predicted molar refractivity (Wildman–Crippen MR) is 168 cm³/mol. The van der Waals surface area contributed by atoms with Gasteiger partial charge in [-0.2, -0.15) is 4.98 Å². The Morgan fingerprint density at radius 1 is 0.977 bits per heavy atom. The number of carbonyl (C=O) groups excluding carboxylic acids is 2. The number of nitrogens with one attached hydrogen (secondary N) is 1. The molecule has 10 nitrogen and oxygen atoms in total. The van der Waals surface area contributed by atoms with Crippen LogP contribution in [-0.2, 0) is 16.0 Å². The van der Waals surface area contributed by atoms with Crippen molar-refractivity contribution in [3.63, 3.8) is 0 Å². The van der Waals surface area contributed by atoms with Crippen molar-refractivity contribution in [2.24, 2.45) is 0 Å². The van der Waals surface area contributed by atoms with Crippen LogP contribution < -0.4 is 15.7 Å². The number of hydrogen-bond acceptors (Lipinski definition) is 7. The molecule has 0 unspecified atom stereocenters. The van der Waals surface area contributed by atoms with Crippen LogP contribution in [0.4, 0.5) is 4.79 Å². The molecule has 2 heterocycles. The summed E-state index contributed by atoms with van der Waals surface area (Å²) in [6.45, 7) is 5.71. The molecule has 1 fully saturated rings. The van der Waals surface area contributed by atoms with Crippen LogP contribution in [0.1, 0.15) is 68.4 Å². The zero-order chi connectivity index (χ0) is 31.6.